The van der Waals surface area contributed by atoms with Crippen LogP contribution in [-0.2, 0) is 0 Å². The fourth-order valence-electron chi connectivity index (χ4n) is 2.07. The number of nitrogens with two attached hydrogens (primary N) is 1. The second-order valence-corrected chi connectivity index (χ2v) is 5.35. The molecule has 0 heterocycles. The van der Waals surface area contributed by atoms with Gasteiger partial charge in [-0.2, -0.15) is 0 Å². The van der Waals surface area contributed by atoms with E-state index in [0.29, 0.717) is 12.5 Å². The Labute approximate surface area is 99.2 Å². The molecule has 0 aliphatic rings. The van der Waals surface area contributed by atoms with E-state index in [9.17, 15) is 0 Å². The van der Waals surface area contributed by atoms with Crippen LogP contribution in [0.25, 0.3) is 0 Å². The third kappa shape index (κ3) is 3.86. The molecule has 3 N–H and O–H groups in total. The summed E-state index contributed by atoms with van der Waals surface area (Å²) in [6.45, 7) is 9.39. The van der Waals surface area contributed by atoms with Crippen molar-refractivity contribution >= 4 is 5.69 Å². The molecule has 1 aromatic rings. The summed E-state index contributed by atoms with van der Waals surface area (Å²) < 4.78 is 0. The number of rotatable bonds is 5. The monoisotopic (exact) mass is 220 g/mol. The molecule has 16 heavy (non-hydrogen) atoms. The summed E-state index contributed by atoms with van der Waals surface area (Å²) in [7, 11) is 0. The van der Waals surface area contributed by atoms with Crippen molar-refractivity contribution in [2.75, 3.05) is 11.9 Å². The Hall–Kier alpha value is -1.02. The van der Waals surface area contributed by atoms with Crippen LogP contribution in [0, 0.1) is 12.8 Å². The van der Waals surface area contributed by atoms with Crippen molar-refractivity contribution in [2.24, 2.45) is 11.7 Å². The first-order valence-electron chi connectivity index (χ1n) is 6.00. The molecule has 0 saturated heterocycles. The first-order chi connectivity index (χ1) is 7.45. The second-order valence-electron chi connectivity index (χ2n) is 5.35. The fourth-order valence-corrected chi connectivity index (χ4v) is 2.07. The lowest BCUT2D eigenvalue weighted by atomic mass is 9.90. The van der Waals surface area contributed by atoms with Crippen LogP contribution in [0.4, 0.5) is 5.69 Å². The predicted octanol–water partition coefficient (Wildman–Crippen LogP) is 3.17. The van der Waals surface area contributed by atoms with Crippen LogP contribution >= 0.6 is 0 Å². The Balaban J connectivity index is 2.72. The quantitative estimate of drug-likeness (QED) is 0.800. The van der Waals surface area contributed by atoms with Crippen molar-refractivity contribution in [1.82, 2.24) is 0 Å². The summed E-state index contributed by atoms with van der Waals surface area (Å²) in [5, 5.41) is 3.54. The van der Waals surface area contributed by atoms with Gasteiger partial charge in [-0.05, 0) is 38.3 Å². The number of aryl methyl sites for hydroxylation is 1. The zero-order chi connectivity index (χ0) is 12.2. The smallest absolute Gasteiger partial charge is 0.0470 e. The standard InChI is InChI=1S/C14H24N2/c1-11(2)9-14(4,10-15)16-13-7-5-12(3)6-8-13/h5-8,11,16H,9-10,15H2,1-4H3. The molecule has 2 nitrogen and oxygen atoms in total. The molecule has 0 bridgehead atoms. The number of hydrogen-bond acceptors (Lipinski definition) is 2. The summed E-state index contributed by atoms with van der Waals surface area (Å²) in [4.78, 5) is 0. The molecule has 0 aliphatic heterocycles. The molecule has 0 aromatic heterocycles. The van der Waals surface area contributed by atoms with Gasteiger partial charge in [-0.3, -0.25) is 0 Å². The number of anilines is 1. The molecule has 0 saturated carbocycles. The molecule has 0 aliphatic carbocycles. The first-order valence-corrected chi connectivity index (χ1v) is 6.00. The molecule has 1 unspecified atom stereocenters. The summed E-state index contributed by atoms with van der Waals surface area (Å²) in [5.41, 5.74) is 8.29. The van der Waals surface area contributed by atoms with Gasteiger partial charge in [-0.1, -0.05) is 31.5 Å². The first kappa shape index (κ1) is 13.0. The summed E-state index contributed by atoms with van der Waals surface area (Å²) in [6, 6.07) is 8.47. The zero-order valence-corrected chi connectivity index (χ0v) is 10.9. The van der Waals surface area contributed by atoms with Crippen molar-refractivity contribution in [1.29, 1.82) is 0 Å². The van der Waals surface area contributed by atoms with Crippen LogP contribution < -0.4 is 11.1 Å². The third-order valence-corrected chi connectivity index (χ3v) is 2.81. The third-order valence-electron chi connectivity index (χ3n) is 2.81. The maximum atomic E-state index is 5.87. The molecule has 90 valence electrons. The van der Waals surface area contributed by atoms with Gasteiger partial charge in [0.05, 0.1) is 0 Å². The van der Waals surface area contributed by atoms with Gasteiger partial charge in [-0.25, -0.2) is 0 Å². The van der Waals surface area contributed by atoms with E-state index in [-0.39, 0.29) is 5.54 Å². The lowest BCUT2D eigenvalue weighted by Crippen LogP contribution is -2.43. The van der Waals surface area contributed by atoms with Crippen molar-refractivity contribution in [3.05, 3.63) is 29.8 Å². The van der Waals surface area contributed by atoms with Gasteiger partial charge in [0.2, 0.25) is 0 Å². The minimum atomic E-state index is -0.0105. The lowest BCUT2D eigenvalue weighted by Gasteiger charge is -2.32. The van der Waals surface area contributed by atoms with Crippen molar-refractivity contribution < 1.29 is 0 Å². The van der Waals surface area contributed by atoms with Crippen LogP contribution in [0.3, 0.4) is 0 Å². The molecule has 2 heteroatoms. The molecule has 0 amide bonds. The molecule has 0 spiro atoms. The van der Waals surface area contributed by atoms with Gasteiger partial charge in [0, 0.05) is 17.8 Å². The Morgan fingerprint density at radius 2 is 1.81 bits per heavy atom. The van der Waals surface area contributed by atoms with E-state index in [4.69, 9.17) is 5.73 Å². The number of benzene rings is 1. The van der Waals surface area contributed by atoms with E-state index in [2.05, 4.69) is 57.3 Å². The van der Waals surface area contributed by atoms with Crippen molar-refractivity contribution in [2.45, 2.75) is 39.7 Å². The highest BCUT2D eigenvalue weighted by atomic mass is 15.0. The Kier molecular flexibility index (Phi) is 4.36. The minimum absolute atomic E-state index is 0.0105. The topological polar surface area (TPSA) is 38.0 Å². The zero-order valence-electron chi connectivity index (χ0n) is 10.9. The SMILES string of the molecule is Cc1ccc(NC(C)(CN)CC(C)C)cc1. The Morgan fingerprint density at radius 1 is 1.25 bits per heavy atom. The largest absolute Gasteiger partial charge is 0.379 e. The van der Waals surface area contributed by atoms with Crippen LogP contribution in [0.15, 0.2) is 24.3 Å². The van der Waals surface area contributed by atoms with Crippen molar-refractivity contribution in [3.63, 3.8) is 0 Å². The summed E-state index contributed by atoms with van der Waals surface area (Å²) in [6.07, 6.45) is 1.08. The molecule has 0 fully saturated rings. The molecule has 0 radical (unpaired) electrons. The highest BCUT2D eigenvalue weighted by molar-refractivity contribution is 5.46. The van der Waals surface area contributed by atoms with Crippen LogP contribution in [-0.4, -0.2) is 12.1 Å². The van der Waals surface area contributed by atoms with E-state index in [0.717, 1.165) is 12.1 Å². The number of hydrogen-bond donors (Lipinski definition) is 2. The average molecular weight is 220 g/mol. The molecular weight excluding hydrogens is 196 g/mol. The van der Waals surface area contributed by atoms with Gasteiger partial charge in [0.25, 0.3) is 0 Å². The molecule has 1 aromatic carbocycles. The van der Waals surface area contributed by atoms with Gasteiger partial charge in [0.1, 0.15) is 0 Å². The van der Waals surface area contributed by atoms with Gasteiger partial charge in [0.15, 0.2) is 0 Å². The van der Waals surface area contributed by atoms with Gasteiger partial charge < -0.3 is 11.1 Å². The van der Waals surface area contributed by atoms with Gasteiger partial charge in [-0.15, -0.1) is 0 Å². The highest BCUT2D eigenvalue weighted by Crippen LogP contribution is 2.21. The van der Waals surface area contributed by atoms with Crippen LogP contribution in [0.5, 0.6) is 0 Å². The second kappa shape index (κ2) is 5.35. The van der Waals surface area contributed by atoms with Gasteiger partial charge >= 0.3 is 0 Å². The van der Waals surface area contributed by atoms with E-state index in [1.807, 2.05) is 0 Å². The maximum absolute atomic E-state index is 5.87. The Bertz CT molecular complexity index is 316. The van der Waals surface area contributed by atoms with Crippen LogP contribution in [0.2, 0.25) is 0 Å². The molecule has 1 atom stereocenters. The molecular formula is C14H24N2. The normalized spacial score (nSPS) is 14.9. The summed E-state index contributed by atoms with van der Waals surface area (Å²) in [5.74, 6) is 0.645. The van der Waals surface area contributed by atoms with E-state index in [1.165, 1.54) is 5.56 Å². The van der Waals surface area contributed by atoms with Crippen LogP contribution in [0.1, 0.15) is 32.8 Å². The lowest BCUT2D eigenvalue weighted by molar-refractivity contribution is 0.407. The minimum Gasteiger partial charge on any atom is -0.379 e. The van der Waals surface area contributed by atoms with E-state index >= 15 is 0 Å². The summed E-state index contributed by atoms with van der Waals surface area (Å²) >= 11 is 0. The Morgan fingerprint density at radius 3 is 2.25 bits per heavy atom. The fraction of sp³-hybridized carbons (Fsp3) is 0.571. The average Bonchev–Trinajstić information content (AvgIpc) is 2.20. The van der Waals surface area contributed by atoms with E-state index < -0.39 is 0 Å². The predicted molar refractivity (Wildman–Crippen MR) is 71.7 cm³/mol. The molecule has 1 rings (SSSR count). The maximum Gasteiger partial charge on any atom is 0.0470 e. The van der Waals surface area contributed by atoms with E-state index in [1.54, 1.807) is 0 Å². The number of nitrogens with one attached hydrogen (secondary N) is 1. The van der Waals surface area contributed by atoms with Crippen molar-refractivity contribution in [3.8, 4) is 0 Å². The highest BCUT2D eigenvalue weighted by Gasteiger charge is 2.23.